The lowest BCUT2D eigenvalue weighted by Crippen LogP contribution is -2.14. The van der Waals surface area contributed by atoms with Crippen molar-refractivity contribution in [3.63, 3.8) is 0 Å². The molecule has 0 aromatic rings. The second-order valence-corrected chi connectivity index (χ2v) is 4.61. The highest BCUT2D eigenvalue weighted by Crippen LogP contribution is 2.29. The summed E-state index contributed by atoms with van der Waals surface area (Å²) in [6.45, 7) is 6.39. The highest BCUT2D eigenvalue weighted by atomic mass is 16.5. The van der Waals surface area contributed by atoms with Gasteiger partial charge in [-0.2, -0.15) is 0 Å². The van der Waals surface area contributed by atoms with Gasteiger partial charge in [0.05, 0.1) is 0 Å². The Hall–Kier alpha value is -0.0800. The smallest absolute Gasteiger partial charge is 0.0468 e. The van der Waals surface area contributed by atoms with Crippen LogP contribution in [0.1, 0.15) is 51.9 Å². The van der Waals surface area contributed by atoms with Gasteiger partial charge >= 0.3 is 0 Å². The molecule has 1 rings (SSSR count). The van der Waals surface area contributed by atoms with E-state index < -0.39 is 0 Å². The Morgan fingerprint density at radius 1 is 1.13 bits per heavy atom. The number of ether oxygens (including phenoxy) is 1. The first-order chi connectivity index (χ1) is 7.43. The van der Waals surface area contributed by atoms with Crippen molar-refractivity contribution in [2.24, 2.45) is 5.92 Å². The SMILES string of the molecule is CCNCCCCCOCCC1CCC1. The zero-order valence-corrected chi connectivity index (χ0v) is 10.3. The minimum Gasteiger partial charge on any atom is -0.381 e. The van der Waals surface area contributed by atoms with E-state index in [9.17, 15) is 0 Å². The largest absolute Gasteiger partial charge is 0.381 e. The third-order valence-corrected chi connectivity index (χ3v) is 3.29. The van der Waals surface area contributed by atoms with Crippen molar-refractivity contribution in [1.82, 2.24) is 5.32 Å². The van der Waals surface area contributed by atoms with Crippen LogP contribution < -0.4 is 5.32 Å². The normalized spacial score (nSPS) is 16.6. The first kappa shape index (κ1) is 13.0. The quantitative estimate of drug-likeness (QED) is 0.563. The van der Waals surface area contributed by atoms with Gasteiger partial charge in [-0.1, -0.05) is 26.2 Å². The van der Waals surface area contributed by atoms with Gasteiger partial charge in [-0.15, -0.1) is 0 Å². The van der Waals surface area contributed by atoms with E-state index in [4.69, 9.17) is 4.74 Å². The average molecular weight is 213 g/mol. The van der Waals surface area contributed by atoms with Crippen LogP contribution >= 0.6 is 0 Å². The predicted molar refractivity (Wildman–Crippen MR) is 65.2 cm³/mol. The second-order valence-electron chi connectivity index (χ2n) is 4.61. The number of rotatable bonds is 10. The van der Waals surface area contributed by atoms with Gasteiger partial charge in [-0.05, 0) is 44.7 Å². The lowest BCUT2D eigenvalue weighted by atomic mass is 9.83. The highest BCUT2D eigenvalue weighted by molar-refractivity contribution is 4.68. The van der Waals surface area contributed by atoms with Gasteiger partial charge in [0.2, 0.25) is 0 Å². The Kier molecular flexibility index (Phi) is 7.94. The summed E-state index contributed by atoms with van der Waals surface area (Å²) in [4.78, 5) is 0. The van der Waals surface area contributed by atoms with E-state index in [1.807, 2.05) is 0 Å². The van der Waals surface area contributed by atoms with Gasteiger partial charge in [0.15, 0.2) is 0 Å². The van der Waals surface area contributed by atoms with Crippen LogP contribution in [-0.2, 0) is 4.74 Å². The average Bonchev–Trinajstić information content (AvgIpc) is 2.18. The molecule has 0 saturated heterocycles. The molecule has 90 valence electrons. The van der Waals surface area contributed by atoms with Crippen molar-refractivity contribution in [2.45, 2.75) is 51.9 Å². The first-order valence-corrected chi connectivity index (χ1v) is 6.72. The fraction of sp³-hybridized carbons (Fsp3) is 1.00. The van der Waals surface area contributed by atoms with E-state index in [0.717, 1.165) is 25.7 Å². The summed E-state index contributed by atoms with van der Waals surface area (Å²) >= 11 is 0. The Labute approximate surface area is 94.8 Å². The van der Waals surface area contributed by atoms with Crippen LogP contribution in [0.3, 0.4) is 0 Å². The molecule has 2 heteroatoms. The zero-order chi connectivity index (χ0) is 10.8. The molecule has 1 N–H and O–H groups in total. The summed E-state index contributed by atoms with van der Waals surface area (Å²) in [6, 6.07) is 0. The van der Waals surface area contributed by atoms with E-state index in [1.54, 1.807) is 0 Å². The molecule has 0 bridgehead atoms. The van der Waals surface area contributed by atoms with E-state index in [1.165, 1.54) is 51.5 Å². The minimum absolute atomic E-state index is 0.971. The van der Waals surface area contributed by atoms with Crippen LogP contribution in [0.2, 0.25) is 0 Å². The highest BCUT2D eigenvalue weighted by Gasteiger charge is 2.16. The van der Waals surface area contributed by atoms with Gasteiger partial charge in [-0.25, -0.2) is 0 Å². The standard InChI is InChI=1S/C13H27NO/c1-2-14-10-4-3-5-11-15-12-9-13-7-6-8-13/h13-14H,2-12H2,1H3. The van der Waals surface area contributed by atoms with Crippen molar-refractivity contribution < 1.29 is 4.74 Å². The summed E-state index contributed by atoms with van der Waals surface area (Å²) in [5.41, 5.74) is 0. The molecular formula is C13H27NO. The van der Waals surface area contributed by atoms with Crippen LogP contribution in [0, 0.1) is 5.92 Å². The van der Waals surface area contributed by atoms with Gasteiger partial charge in [0, 0.05) is 13.2 Å². The third kappa shape index (κ3) is 6.91. The monoisotopic (exact) mass is 213 g/mol. The van der Waals surface area contributed by atoms with Crippen molar-refractivity contribution in [3.05, 3.63) is 0 Å². The first-order valence-electron chi connectivity index (χ1n) is 6.72. The molecule has 0 aromatic heterocycles. The van der Waals surface area contributed by atoms with Crippen LogP contribution in [0.25, 0.3) is 0 Å². The van der Waals surface area contributed by atoms with E-state index >= 15 is 0 Å². The van der Waals surface area contributed by atoms with Crippen molar-refractivity contribution >= 4 is 0 Å². The molecule has 2 nitrogen and oxygen atoms in total. The summed E-state index contributed by atoms with van der Waals surface area (Å²) in [5, 5.41) is 3.34. The van der Waals surface area contributed by atoms with Crippen molar-refractivity contribution in [2.75, 3.05) is 26.3 Å². The molecule has 1 saturated carbocycles. The van der Waals surface area contributed by atoms with E-state index in [2.05, 4.69) is 12.2 Å². The number of hydrogen-bond donors (Lipinski definition) is 1. The molecule has 1 aliphatic rings. The zero-order valence-electron chi connectivity index (χ0n) is 10.3. The van der Waals surface area contributed by atoms with Crippen LogP contribution in [0.5, 0.6) is 0 Å². The predicted octanol–water partition coefficient (Wildman–Crippen LogP) is 2.97. The molecule has 1 fully saturated rings. The van der Waals surface area contributed by atoms with Crippen molar-refractivity contribution in [3.8, 4) is 0 Å². The molecular weight excluding hydrogens is 186 g/mol. The van der Waals surface area contributed by atoms with E-state index in [-0.39, 0.29) is 0 Å². The Balaban J connectivity index is 1.66. The molecule has 0 aromatic carbocycles. The Morgan fingerprint density at radius 3 is 2.67 bits per heavy atom. The van der Waals surface area contributed by atoms with E-state index in [0.29, 0.717) is 0 Å². The molecule has 1 aliphatic carbocycles. The molecule has 0 heterocycles. The molecule has 0 atom stereocenters. The molecule has 0 unspecified atom stereocenters. The fourth-order valence-corrected chi connectivity index (χ4v) is 1.94. The minimum atomic E-state index is 0.971. The van der Waals surface area contributed by atoms with Crippen LogP contribution in [-0.4, -0.2) is 26.3 Å². The maximum atomic E-state index is 5.63. The number of unbranched alkanes of at least 4 members (excludes halogenated alkanes) is 2. The van der Waals surface area contributed by atoms with Gasteiger partial charge in [0.25, 0.3) is 0 Å². The summed E-state index contributed by atoms with van der Waals surface area (Å²) in [7, 11) is 0. The van der Waals surface area contributed by atoms with Crippen molar-refractivity contribution in [1.29, 1.82) is 0 Å². The third-order valence-electron chi connectivity index (χ3n) is 3.29. The number of hydrogen-bond acceptors (Lipinski definition) is 2. The fourth-order valence-electron chi connectivity index (χ4n) is 1.94. The Bertz CT molecular complexity index is 134. The summed E-state index contributed by atoms with van der Waals surface area (Å²) < 4.78 is 5.63. The molecule has 0 spiro atoms. The lowest BCUT2D eigenvalue weighted by Gasteiger charge is -2.24. The lowest BCUT2D eigenvalue weighted by molar-refractivity contribution is 0.103. The molecule has 0 aliphatic heterocycles. The molecule has 0 radical (unpaired) electrons. The van der Waals surface area contributed by atoms with Crippen LogP contribution in [0.15, 0.2) is 0 Å². The van der Waals surface area contributed by atoms with Crippen LogP contribution in [0.4, 0.5) is 0 Å². The molecule has 0 amide bonds. The number of nitrogens with one attached hydrogen (secondary N) is 1. The maximum Gasteiger partial charge on any atom is 0.0468 e. The molecule has 15 heavy (non-hydrogen) atoms. The van der Waals surface area contributed by atoms with Gasteiger partial charge < -0.3 is 10.1 Å². The second kappa shape index (κ2) is 9.17. The summed E-state index contributed by atoms with van der Waals surface area (Å²) in [6.07, 6.45) is 9.48. The topological polar surface area (TPSA) is 21.3 Å². The Morgan fingerprint density at radius 2 is 2.00 bits per heavy atom. The summed E-state index contributed by atoms with van der Waals surface area (Å²) in [5.74, 6) is 0.999. The maximum absolute atomic E-state index is 5.63. The van der Waals surface area contributed by atoms with Gasteiger partial charge in [0.1, 0.15) is 0 Å². The van der Waals surface area contributed by atoms with Gasteiger partial charge in [-0.3, -0.25) is 0 Å².